The lowest BCUT2D eigenvalue weighted by Crippen LogP contribution is -2.19. The maximum atomic E-state index is 12.5. The Labute approximate surface area is 120 Å². The van der Waals surface area contributed by atoms with Gasteiger partial charge in [0.05, 0.1) is 11.8 Å². The summed E-state index contributed by atoms with van der Waals surface area (Å²) in [5.74, 6) is 0. The van der Waals surface area contributed by atoms with Crippen LogP contribution in [0.5, 0.6) is 0 Å². The van der Waals surface area contributed by atoms with E-state index >= 15 is 0 Å². The van der Waals surface area contributed by atoms with Gasteiger partial charge >= 0.3 is 0 Å². The fraction of sp³-hybridized carbons (Fsp3) is 0.267. The van der Waals surface area contributed by atoms with Crippen LogP contribution in [0.3, 0.4) is 0 Å². The third kappa shape index (κ3) is 1.94. The third-order valence-electron chi connectivity index (χ3n) is 3.18. The van der Waals surface area contributed by atoms with E-state index in [0.717, 1.165) is 32.6 Å². The van der Waals surface area contributed by atoms with Crippen molar-refractivity contribution in [2.75, 3.05) is 0 Å². The van der Waals surface area contributed by atoms with Gasteiger partial charge in [-0.1, -0.05) is 12.2 Å². The monoisotopic (exact) mass is 285 g/mol. The van der Waals surface area contributed by atoms with Crippen LogP contribution in [-0.2, 0) is 6.54 Å². The highest BCUT2D eigenvalue weighted by atomic mass is 32.1. The van der Waals surface area contributed by atoms with Gasteiger partial charge in [-0.25, -0.2) is 9.97 Å². The molecule has 0 atom stereocenters. The summed E-state index contributed by atoms with van der Waals surface area (Å²) in [6.45, 7) is 10.2. The molecule has 0 aliphatic carbocycles. The molecule has 0 unspecified atom stereocenters. The molecular weight excluding hydrogens is 270 g/mol. The van der Waals surface area contributed by atoms with Crippen molar-refractivity contribution in [2.45, 2.75) is 27.3 Å². The Morgan fingerprint density at radius 2 is 2.20 bits per heavy atom. The SMILES string of the molecule is C=C(C)Cn1cnc2c(sc3nc(C)cc(C)c32)c1=O. The zero-order valence-electron chi connectivity index (χ0n) is 11.7. The van der Waals surface area contributed by atoms with E-state index in [0.29, 0.717) is 11.2 Å². The van der Waals surface area contributed by atoms with Crippen molar-refractivity contribution in [2.24, 2.45) is 0 Å². The highest BCUT2D eigenvalue weighted by molar-refractivity contribution is 7.25. The van der Waals surface area contributed by atoms with E-state index in [-0.39, 0.29) is 5.56 Å². The summed E-state index contributed by atoms with van der Waals surface area (Å²) in [6.07, 6.45) is 1.60. The van der Waals surface area contributed by atoms with Crippen LogP contribution in [0.2, 0.25) is 0 Å². The number of fused-ring (bicyclic) bond motifs is 3. The van der Waals surface area contributed by atoms with Gasteiger partial charge < -0.3 is 0 Å². The van der Waals surface area contributed by atoms with Crippen molar-refractivity contribution in [3.63, 3.8) is 0 Å². The topological polar surface area (TPSA) is 47.8 Å². The van der Waals surface area contributed by atoms with Crippen LogP contribution in [0.25, 0.3) is 20.4 Å². The van der Waals surface area contributed by atoms with E-state index in [4.69, 9.17) is 0 Å². The Hall–Kier alpha value is -2.01. The lowest BCUT2D eigenvalue weighted by molar-refractivity contribution is 0.740. The third-order valence-corrected chi connectivity index (χ3v) is 4.24. The van der Waals surface area contributed by atoms with Crippen molar-refractivity contribution in [3.05, 3.63) is 46.2 Å². The highest BCUT2D eigenvalue weighted by Gasteiger charge is 2.14. The molecule has 20 heavy (non-hydrogen) atoms. The number of thiophene rings is 1. The smallest absolute Gasteiger partial charge is 0.271 e. The summed E-state index contributed by atoms with van der Waals surface area (Å²) in [6, 6.07) is 2.02. The first-order valence-electron chi connectivity index (χ1n) is 6.37. The quantitative estimate of drug-likeness (QED) is 0.679. The first-order chi connectivity index (χ1) is 9.47. The van der Waals surface area contributed by atoms with Gasteiger partial charge in [0.1, 0.15) is 9.53 Å². The summed E-state index contributed by atoms with van der Waals surface area (Å²) in [5.41, 5.74) is 3.75. The van der Waals surface area contributed by atoms with Gasteiger partial charge in [-0.2, -0.15) is 0 Å². The second-order valence-electron chi connectivity index (χ2n) is 5.18. The van der Waals surface area contributed by atoms with Crippen LogP contribution < -0.4 is 5.56 Å². The van der Waals surface area contributed by atoms with Gasteiger partial charge in [-0.05, 0) is 32.4 Å². The second kappa shape index (κ2) is 4.52. The normalized spacial score (nSPS) is 11.3. The molecule has 3 aromatic rings. The van der Waals surface area contributed by atoms with E-state index in [9.17, 15) is 4.79 Å². The number of hydrogen-bond acceptors (Lipinski definition) is 4. The summed E-state index contributed by atoms with van der Waals surface area (Å²) in [7, 11) is 0. The zero-order valence-corrected chi connectivity index (χ0v) is 12.5. The summed E-state index contributed by atoms with van der Waals surface area (Å²) >= 11 is 1.42. The predicted molar refractivity (Wildman–Crippen MR) is 83.5 cm³/mol. The lowest BCUT2D eigenvalue weighted by atomic mass is 10.1. The highest BCUT2D eigenvalue weighted by Crippen LogP contribution is 2.31. The van der Waals surface area contributed by atoms with Crippen molar-refractivity contribution in [1.29, 1.82) is 0 Å². The molecule has 0 amide bonds. The molecule has 4 nitrogen and oxygen atoms in total. The molecule has 0 saturated carbocycles. The van der Waals surface area contributed by atoms with E-state index in [1.165, 1.54) is 11.3 Å². The minimum absolute atomic E-state index is 0.0157. The number of nitrogens with zero attached hydrogens (tertiary/aromatic N) is 3. The zero-order chi connectivity index (χ0) is 14.4. The van der Waals surface area contributed by atoms with E-state index < -0.39 is 0 Å². The van der Waals surface area contributed by atoms with E-state index in [1.54, 1.807) is 10.9 Å². The molecule has 0 aliphatic heterocycles. The molecule has 0 spiro atoms. The number of aryl methyl sites for hydroxylation is 2. The number of hydrogen-bond donors (Lipinski definition) is 0. The van der Waals surface area contributed by atoms with Gasteiger partial charge in [0, 0.05) is 17.6 Å². The van der Waals surface area contributed by atoms with Crippen LogP contribution in [0.15, 0.2) is 29.3 Å². The summed E-state index contributed by atoms with van der Waals surface area (Å²) < 4.78 is 2.27. The molecule has 0 fully saturated rings. The molecule has 0 aliphatic rings. The van der Waals surface area contributed by atoms with Gasteiger partial charge in [-0.3, -0.25) is 9.36 Å². The summed E-state index contributed by atoms with van der Waals surface area (Å²) in [4.78, 5) is 22.4. The molecule has 0 bridgehead atoms. The Kier molecular flexibility index (Phi) is 2.94. The fourth-order valence-electron chi connectivity index (χ4n) is 2.40. The molecular formula is C15H15N3OS. The Bertz CT molecular complexity index is 905. The van der Waals surface area contributed by atoms with Gasteiger partial charge in [0.2, 0.25) is 0 Å². The average molecular weight is 285 g/mol. The minimum Gasteiger partial charge on any atom is -0.294 e. The minimum atomic E-state index is -0.0157. The number of rotatable bonds is 2. The Balaban J connectivity index is 2.39. The van der Waals surface area contributed by atoms with E-state index in [1.807, 2.05) is 26.8 Å². The molecule has 0 saturated heterocycles. The molecule has 5 heteroatoms. The second-order valence-corrected chi connectivity index (χ2v) is 6.17. The first kappa shape index (κ1) is 13.0. The Morgan fingerprint density at radius 1 is 1.45 bits per heavy atom. The maximum Gasteiger partial charge on any atom is 0.271 e. The number of aromatic nitrogens is 3. The first-order valence-corrected chi connectivity index (χ1v) is 7.19. The molecule has 0 aromatic carbocycles. The van der Waals surface area contributed by atoms with Crippen LogP contribution in [0.1, 0.15) is 18.2 Å². The van der Waals surface area contributed by atoms with Crippen LogP contribution in [-0.4, -0.2) is 14.5 Å². The fourth-order valence-corrected chi connectivity index (χ4v) is 3.60. The van der Waals surface area contributed by atoms with Crippen molar-refractivity contribution >= 4 is 31.8 Å². The number of pyridine rings is 1. The standard InChI is InChI=1S/C15H15N3OS/c1-8(2)6-18-7-16-12-11-9(3)5-10(4)17-14(11)20-13(12)15(18)19/h5,7H,1,6H2,2-4H3. The van der Waals surface area contributed by atoms with Gasteiger partial charge in [0.25, 0.3) is 5.56 Å². The van der Waals surface area contributed by atoms with E-state index in [2.05, 4.69) is 16.5 Å². The molecule has 102 valence electrons. The largest absolute Gasteiger partial charge is 0.294 e. The van der Waals surface area contributed by atoms with Gasteiger partial charge in [0.15, 0.2) is 0 Å². The predicted octanol–water partition coefficient (Wildman–Crippen LogP) is 3.20. The lowest BCUT2D eigenvalue weighted by Gasteiger charge is -2.04. The van der Waals surface area contributed by atoms with Crippen LogP contribution >= 0.6 is 11.3 Å². The summed E-state index contributed by atoms with van der Waals surface area (Å²) in [5, 5.41) is 0.996. The average Bonchev–Trinajstić information content (AvgIpc) is 2.71. The van der Waals surface area contributed by atoms with Crippen molar-refractivity contribution < 1.29 is 0 Å². The molecule has 3 rings (SSSR count). The molecule has 3 aromatic heterocycles. The van der Waals surface area contributed by atoms with Crippen LogP contribution in [0, 0.1) is 13.8 Å². The molecule has 0 radical (unpaired) electrons. The van der Waals surface area contributed by atoms with Crippen molar-refractivity contribution in [1.82, 2.24) is 14.5 Å². The van der Waals surface area contributed by atoms with Crippen LogP contribution in [0.4, 0.5) is 0 Å². The van der Waals surface area contributed by atoms with Gasteiger partial charge in [-0.15, -0.1) is 11.3 Å². The molecule has 3 heterocycles. The maximum absolute atomic E-state index is 12.5. The van der Waals surface area contributed by atoms with Crippen molar-refractivity contribution in [3.8, 4) is 0 Å². The molecule has 0 N–H and O–H groups in total. The Morgan fingerprint density at radius 3 is 2.90 bits per heavy atom. The number of allylic oxidation sites excluding steroid dienone is 1.